The van der Waals surface area contributed by atoms with Gasteiger partial charge in [-0.25, -0.2) is 0 Å². The minimum Gasteiger partial charge on any atom is -0.355 e. The summed E-state index contributed by atoms with van der Waals surface area (Å²) in [6.07, 6.45) is 6.52. The van der Waals surface area contributed by atoms with Gasteiger partial charge in [0, 0.05) is 25.2 Å². The molecule has 0 radical (unpaired) electrons. The van der Waals surface area contributed by atoms with Gasteiger partial charge in [0.2, 0.25) is 6.19 Å². The summed E-state index contributed by atoms with van der Waals surface area (Å²) in [5.74, 6) is 0.619. The van der Waals surface area contributed by atoms with Crippen LogP contribution < -0.4 is 5.32 Å². The second kappa shape index (κ2) is 8.50. The van der Waals surface area contributed by atoms with Crippen LogP contribution in [0.3, 0.4) is 0 Å². The number of nitrogens with zero attached hydrogens (tertiary/aromatic N) is 4. The predicted molar refractivity (Wildman–Crippen MR) is 75.4 cm³/mol. The Morgan fingerprint density at radius 1 is 1.21 bits per heavy atom. The first-order chi connectivity index (χ1) is 9.24. The average Bonchev–Trinajstić information content (AvgIpc) is 2.39. The molecule has 0 aromatic carbocycles. The lowest BCUT2D eigenvalue weighted by atomic mass is 10.0. The molecule has 1 aliphatic heterocycles. The third-order valence-corrected chi connectivity index (χ3v) is 3.41. The average molecular weight is 261 g/mol. The van der Waals surface area contributed by atoms with Crippen LogP contribution in [0.5, 0.6) is 0 Å². The Morgan fingerprint density at radius 2 is 1.79 bits per heavy atom. The van der Waals surface area contributed by atoms with Crippen LogP contribution in [0.1, 0.15) is 46.0 Å². The van der Waals surface area contributed by atoms with Crippen LogP contribution in [0, 0.1) is 22.8 Å². The number of amidine groups is 1. The zero-order chi connectivity index (χ0) is 14.1. The first-order valence-electron chi connectivity index (χ1n) is 7.08. The van der Waals surface area contributed by atoms with E-state index in [0.717, 1.165) is 38.8 Å². The highest BCUT2D eigenvalue weighted by atomic mass is 15.3. The van der Waals surface area contributed by atoms with Crippen molar-refractivity contribution < 1.29 is 0 Å². The molecule has 0 bridgehead atoms. The van der Waals surface area contributed by atoms with Gasteiger partial charge in [-0.2, -0.15) is 15.5 Å². The molecule has 0 amide bonds. The van der Waals surface area contributed by atoms with E-state index in [0.29, 0.717) is 17.9 Å². The van der Waals surface area contributed by atoms with Gasteiger partial charge in [0.25, 0.3) is 0 Å². The van der Waals surface area contributed by atoms with Crippen LogP contribution in [0.4, 0.5) is 0 Å². The van der Waals surface area contributed by atoms with Crippen molar-refractivity contribution in [2.24, 2.45) is 4.99 Å². The van der Waals surface area contributed by atoms with Crippen LogP contribution in [0.2, 0.25) is 0 Å². The normalized spacial score (nSPS) is 23.8. The Balaban J connectivity index is 2.77. The van der Waals surface area contributed by atoms with Crippen molar-refractivity contribution in [2.75, 3.05) is 13.1 Å². The van der Waals surface area contributed by atoms with Gasteiger partial charge in [-0.05, 0) is 12.8 Å². The molecule has 0 aliphatic carbocycles. The maximum atomic E-state index is 8.85. The van der Waals surface area contributed by atoms with Gasteiger partial charge in [-0.15, -0.1) is 0 Å². The molecule has 104 valence electrons. The maximum absolute atomic E-state index is 8.85. The van der Waals surface area contributed by atoms with E-state index in [-0.39, 0.29) is 6.42 Å². The van der Waals surface area contributed by atoms with Crippen LogP contribution in [-0.4, -0.2) is 35.9 Å². The Labute approximate surface area is 115 Å². The van der Waals surface area contributed by atoms with E-state index in [1.54, 1.807) is 0 Å². The summed E-state index contributed by atoms with van der Waals surface area (Å²) in [6, 6.07) is 2.96. The summed E-state index contributed by atoms with van der Waals surface area (Å²) in [7, 11) is 0. The number of rotatable bonds is 5. The van der Waals surface area contributed by atoms with Crippen molar-refractivity contribution in [2.45, 2.75) is 58.0 Å². The SMILES string of the molecule is CCCC1CN(C(CC#N)=NC#N)CC(CCC)N1. The molecule has 1 heterocycles. The van der Waals surface area contributed by atoms with Gasteiger partial charge >= 0.3 is 0 Å². The van der Waals surface area contributed by atoms with Gasteiger partial charge < -0.3 is 10.2 Å². The van der Waals surface area contributed by atoms with Gasteiger partial charge in [0.1, 0.15) is 5.84 Å². The lowest BCUT2D eigenvalue weighted by Crippen LogP contribution is -2.57. The number of aliphatic imine (C=N–C) groups is 1. The molecule has 1 aliphatic rings. The minimum absolute atomic E-state index is 0.214. The Hall–Kier alpha value is -1.59. The van der Waals surface area contributed by atoms with Crippen molar-refractivity contribution >= 4 is 5.84 Å². The fourth-order valence-corrected chi connectivity index (χ4v) is 2.65. The van der Waals surface area contributed by atoms with Gasteiger partial charge in [0.05, 0.1) is 12.5 Å². The molecule has 5 nitrogen and oxygen atoms in total. The Kier molecular flexibility index (Phi) is 6.92. The minimum atomic E-state index is 0.214. The maximum Gasteiger partial charge on any atom is 0.207 e. The zero-order valence-electron chi connectivity index (χ0n) is 11.9. The zero-order valence-corrected chi connectivity index (χ0v) is 11.9. The van der Waals surface area contributed by atoms with E-state index in [2.05, 4.69) is 35.1 Å². The molecule has 0 aromatic heterocycles. The van der Waals surface area contributed by atoms with E-state index in [9.17, 15) is 0 Å². The van der Waals surface area contributed by atoms with Gasteiger partial charge in [-0.3, -0.25) is 0 Å². The van der Waals surface area contributed by atoms with Gasteiger partial charge in [0.15, 0.2) is 0 Å². The predicted octanol–water partition coefficient (Wildman–Crippen LogP) is 2.02. The van der Waals surface area contributed by atoms with Crippen molar-refractivity contribution in [3.63, 3.8) is 0 Å². The molecule has 5 heteroatoms. The van der Waals surface area contributed by atoms with Crippen LogP contribution in [-0.2, 0) is 0 Å². The molecule has 2 unspecified atom stereocenters. The molecule has 2 atom stereocenters. The van der Waals surface area contributed by atoms with E-state index < -0.39 is 0 Å². The number of hydrogen-bond donors (Lipinski definition) is 1. The van der Waals surface area contributed by atoms with Crippen molar-refractivity contribution in [1.82, 2.24) is 10.2 Å². The molecular formula is C14H23N5. The molecule has 0 aromatic rings. The van der Waals surface area contributed by atoms with Crippen molar-refractivity contribution in [3.8, 4) is 12.3 Å². The van der Waals surface area contributed by atoms with Crippen molar-refractivity contribution in [1.29, 1.82) is 10.5 Å². The largest absolute Gasteiger partial charge is 0.355 e. The molecule has 1 saturated heterocycles. The number of hydrogen-bond acceptors (Lipinski definition) is 4. The second-order valence-electron chi connectivity index (χ2n) is 5.01. The standard InChI is InChI=1S/C14H23N5/c1-3-5-12-9-19(10-13(18-12)6-4-2)14(7-8-15)17-11-16/h12-13,18H,3-7,9-10H2,1-2H3. The fraction of sp³-hybridized carbons (Fsp3) is 0.786. The molecule has 1 rings (SSSR count). The van der Waals surface area contributed by atoms with Gasteiger partial charge in [-0.1, -0.05) is 26.7 Å². The number of nitrogens with one attached hydrogen (secondary N) is 1. The number of piperazine rings is 1. The number of nitriles is 2. The molecule has 1 N–H and O–H groups in total. The highest BCUT2D eigenvalue weighted by Gasteiger charge is 2.27. The Bertz CT molecular complexity index is 362. The monoisotopic (exact) mass is 261 g/mol. The topological polar surface area (TPSA) is 75.2 Å². The summed E-state index contributed by atoms with van der Waals surface area (Å²) < 4.78 is 0. The van der Waals surface area contributed by atoms with Crippen molar-refractivity contribution in [3.05, 3.63) is 0 Å². The third kappa shape index (κ3) is 4.89. The third-order valence-electron chi connectivity index (χ3n) is 3.41. The summed E-state index contributed by atoms with van der Waals surface area (Å²) in [5.41, 5.74) is 0. The highest BCUT2D eigenvalue weighted by molar-refractivity contribution is 5.85. The first-order valence-corrected chi connectivity index (χ1v) is 7.08. The Morgan fingerprint density at radius 3 is 2.21 bits per heavy atom. The lowest BCUT2D eigenvalue weighted by Gasteiger charge is -2.40. The molecular weight excluding hydrogens is 238 g/mol. The fourth-order valence-electron chi connectivity index (χ4n) is 2.65. The smallest absolute Gasteiger partial charge is 0.207 e. The lowest BCUT2D eigenvalue weighted by molar-refractivity contribution is 0.216. The van der Waals surface area contributed by atoms with Crippen LogP contribution in [0.25, 0.3) is 0 Å². The molecule has 19 heavy (non-hydrogen) atoms. The highest BCUT2D eigenvalue weighted by Crippen LogP contribution is 2.14. The van der Waals surface area contributed by atoms with Crippen LogP contribution in [0.15, 0.2) is 4.99 Å². The second-order valence-corrected chi connectivity index (χ2v) is 5.01. The van der Waals surface area contributed by atoms with E-state index in [1.807, 2.05) is 6.19 Å². The van der Waals surface area contributed by atoms with E-state index >= 15 is 0 Å². The summed E-state index contributed by atoms with van der Waals surface area (Å²) in [5, 5.41) is 21.3. The van der Waals surface area contributed by atoms with E-state index in [1.165, 1.54) is 0 Å². The summed E-state index contributed by atoms with van der Waals surface area (Å²) >= 11 is 0. The molecule has 0 saturated carbocycles. The summed E-state index contributed by atoms with van der Waals surface area (Å²) in [6.45, 7) is 6.04. The molecule has 1 fully saturated rings. The quantitative estimate of drug-likeness (QED) is 0.467. The summed E-state index contributed by atoms with van der Waals surface area (Å²) in [4.78, 5) is 5.94. The van der Waals surface area contributed by atoms with E-state index in [4.69, 9.17) is 10.5 Å². The molecule has 0 spiro atoms. The first kappa shape index (κ1) is 15.5. The van der Waals surface area contributed by atoms with Crippen LogP contribution >= 0.6 is 0 Å².